The van der Waals surface area contributed by atoms with Crippen LogP contribution in [0.1, 0.15) is 74.5 Å². The summed E-state index contributed by atoms with van der Waals surface area (Å²) in [4.78, 5) is 18.7. The molecule has 2 aromatic carbocycles. The van der Waals surface area contributed by atoms with Crippen molar-refractivity contribution in [2.75, 3.05) is 20.3 Å². The molecular formula is C30H36N6O4. The van der Waals surface area contributed by atoms with Crippen LogP contribution in [0.25, 0.3) is 10.9 Å². The molecule has 6 rings (SSSR count). The van der Waals surface area contributed by atoms with Crippen LogP contribution in [0.3, 0.4) is 0 Å². The third kappa shape index (κ3) is 5.40. The lowest BCUT2D eigenvalue weighted by Gasteiger charge is -2.32. The standard InChI is InChI=1S/C30H36N6O4/c1-3-26(29-32-33-34-36(29)23-7-5-4-6-8-23)35(18-20-9-11-24(38-2)12-10-20)19-22-15-21-16-27-28(40-14-13-39-27)17-25(21)31-30(22)37/h9-12,15-17,23,26H,3-8,13-14,18-19H2,1-2H3,(H,31,37). The van der Waals surface area contributed by atoms with Crippen LogP contribution in [0.15, 0.2) is 47.3 Å². The molecule has 2 aliphatic rings. The maximum atomic E-state index is 13.4. The summed E-state index contributed by atoms with van der Waals surface area (Å²) in [7, 11) is 1.67. The lowest BCUT2D eigenvalue weighted by atomic mass is 9.95. The molecule has 40 heavy (non-hydrogen) atoms. The van der Waals surface area contributed by atoms with Crippen molar-refractivity contribution in [3.05, 3.63) is 69.8 Å². The number of pyridine rings is 1. The smallest absolute Gasteiger partial charge is 0.252 e. The zero-order chi connectivity index (χ0) is 27.5. The van der Waals surface area contributed by atoms with Gasteiger partial charge < -0.3 is 19.2 Å². The Morgan fingerprint density at radius 2 is 1.80 bits per heavy atom. The average molecular weight is 545 g/mol. The Labute approximate surface area is 233 Å². The summed E-state index contributed by atoms with van der Waals surface area (Å²) in [5.41, 5.74) is 2.40. The molecule has 2 aromatic heterocycles. The number of tetrazole rings is 1. The van der Waals surface area contributed by atoms with Crippen LogP contribution in [0, 0.1) is 0 Å². The van der Waals surface area contributed by atoms with Crippen molar-refractivity contribution in [2.24, 2.45) is 0 Å². The highest BCUT2D eigenvalue weighted by Crippen LogP contribution is 2.35. The monoisotopic (exact) mass is 544 g/mol. The summed E-state index contributed by atoms with van der Waals surface area (Å²) in [6, 6.07) is 14.1. The molecule has 10 heteroatoms. The average Bonchev–Trinajstić information content (AvgIpc) is 3.47. The topological polar surface area (TPSA) is 107 Å². The minimum absolute atomic E-state index is 0.0746. The fourth-order valence-corrected chi connectivity index (χ4v) is 5.98. The Bertz CT molecular complexity index is 1510. The second-order valence-corrected chi connectivity index (χ2v) is 10.7. The number of nitrogens with one attached hydrogen (secondary N) is 1. The van der Waals surface area contributed by atoms with Crippen LogP contribution in [-0.2, 0) is 13.1 Å². The zero-order valence-electron chi connectivity index (χ0n) is 23.1. The van der Waals surface area contributed by atoms with Gasteiger partial charge >= 0.3 is 0 Å². The molecule has 10 nitrogen and oxygen atoms in total. The number of fused-ring (bicyclic) bond motifs is 2. The number of H-pyrrole nitrogens is 1. The van der Waals surface area contributed by atoms with E-state index in [-0.39, 0.29) is 11.6 Å². The Kier molecular flexibility index (Phi) is 7.68. The van der Waals surface area contributed by atoms with Gasteiger partial charge in [-0.1, -0.05) is 38.3 Å². The van der Waals surface area contributed by atoms with Crippen LogP contribution in [0.5, 0.6) is 17.2 Å². The van der Waals surface area contributed by atoms with Gasteiger partial charge in [-0.25, -0.2) is 4.68 Å². The van der Waals surface area contributed by atoms with Crippen molar-refractivity contribution in [3.63, 3.8) is 0 Å². The molecule has 1 fully saturated rings. The molecule has 0 saturated heterocycles. The summed E-state index contributed by atoms with van der Waals surface area (Å²) in [6.07, 6.45) is 6.64. The van der Waals surface area contributed by atoms with Gasteiger partial charge in [-0.3, -0.25) is 9.69 Å². The maximum absolute atomic E-state index is 13.4. The summed E-state index contributed by atoms with van der Waals surface area (Å²) in [5, 5.41) is 14.0. The van der Waals surface area contributed by atoms with Gasteiger partial charge in [0, 0.05) is 30.1 Å². The number of ether oxygens (including phenoxy) is 3. The number of aromatic nitrogens is 5. The van der Waals surface area contributed by atoms with Crippen molar-refractivity contribution >= 4 is 10.9 Å². The summed E-state index contributed by atoms with van der Waals surface area (Å²) in [5.74, 6) is 3.03. The van der Waals surface area contributed by atoms with Gasteiger partial charge in [-0.15, -0.1) is 5.10 Å². The molecule has 3 heterocycles. The van der Waals surface area contributed by atoms with Crippen molar-refractivity contribution in [2.45, 2.75) is 70.6 Å². The number of aromatic amines is 1. The Morgan fingerprint density at radius 1 is 1.05 bits per heavy atom. The largest absolute Gasteiger partial charge is 0.497 e. The van der Waals surface area contributed by atoms with Gasteiger partial charge in [0.1, 0.15) is 19.0 Å². The highest BCUT2D eigenvalue weighted by atomic mass is 16.6. The summed E-state index contributed by atoms with van der Waals surface area (Å²) in [6.45, 7) is 4.22. The minimum atomic E-state index is -0.120. The van der Waals surface area contributed by atoms with E-state index >= 15 is 0 Å². The molecule has 1 aliphatic carbocycles. The fraction of sp³-hybridized carbons (Fsp3) is 0.467. The van der Waals surface area contributed by atoms with E-state index in [2.05, 4.69) is 44.5 Å². The van der Waals surface area contributed by atoms with Gasteiger partial charge in [-0.2, -0.15) is 0 Å². The van der Waals surface area contributed by atoms with E-state index in [1.165, 1.54) is 19.3 Å². The van der Waals surface area contributed by atoms with Crippen LogP contribution in [0.4, 0.5) is 0 Å². The SMILES string of the molecule is CCC(c1nnnn1C1CCCCC1)N(Cc1ccc(OC)cc1)Cc1cc2cc3c(cc2[nH]c1=O)OCCO3. The van der Waals surface area contributed by atoms with E-state index in [4.69, 9.17) is 14.2 Å². The van der Waals surface area contributed by atoms with E-state index in [9.17, 15) is 4.79 Å². The van der Waals surface area contributed by atoms with Gasteiger partial charge in [0.2, 0.25) is 0 Å². The Morgan fingerprint density at radius 3 is 2.52 bits per heavy atom. The molecule has 0 amide bonds. The lowest BCUT2D eigenvalue weighted by Crippen LogP contribution is -2.33. The van der Waals surface area contributed by atoms with E-state index in [1.54, 1.807) is 7.11 Å². The van der Waals surface area contributed by atoms with Crippen molar-refractivity contribution in [1.82, 2.24) is 30.1 Å². The second kappa shape index (κ2) is 11.7. The van der Waals surface area contributed by atoms with Crippen LogP contribution >= 0.6 is 0 Å². The first kappa shape index (κ1) is 26.3. The number of benzene rings is 2. The van der Waals surface area contributed by atoms with E-state index in [0.717, 1.165) is 47.3 Å². The van der Waals surface area contributed by atoms with E-state index in [0.29, 0.717) is 49.4 Å². The van der Waals surface area contributed by atoms with E-state index in [1.807, 2.05) is 35.0 Å². The van der Waals surface area contributed by atoms with Crippen molar-refractivity contribution < 1.29 is 14.2 Å². The predicted octanol–water partition coefficient (Wildman–Crippen LogP) is 4.95. The highest BCUT2D eigenvalue weighted by molar-refractivity contribution is 5.83. The third-order valence-electron chi connectivity index (χ3n) is 8.07. The number of methoxy groups -OCH3 is 1. The maximum Gasteiger partial charge on any atom is 0.252 e. The Hall–Kier alpha value is -3.92. The molecule has 1 N–H and O–H groups in total. The number of nitrogens with zero attached hydrogens (tertiary/aromatic N) is 5. The highest BCUT2D eigenvalue weighted by Gasteiger charge is 2.29. The first-order chi connectivity index (χ1) is 19.6. The van der Waals surface area contributed by atoms with Crippen molar-refractivity contribution in [1.29, 1.82) is 0 Å². The van der Waals surface area contributed by atoms with Crippen LogP contribution in [0.2, 0.25) is 0 Å². The minimum Gasteiger partial charge on any atom is -0.497 e. The Balaban J connectivity index is 1.37. The third-order valence-corrected chi connectivity index (χ3v) is 8.07. The van der Waals surface area contributed by atoms with Crippen LogP contribution in [-0.4, -0.2) is 50.4 Å². The normalized spacial score (nSPS) is 16.4. The molecule has 1 saturated carbocycles. The molecule has 1 unspecified atom stereocenters. The predicted molar refractivity (Wildman–Crippen MR) is 151 cm³/mol. The zero-order valence-corrected chi connectivity index (χ0v) is 23.1. The van der Waals surface area contributed by atoms with E-state index < -0.39 is 0 Å². The van der Waals surface area contributed by atoms with Gasteiger partial charge in [0.15, 0.2) is 17.3 Å². The van der Waals surface area contributed by atoms with Crippen LogP contribution < -0.4 is 19.8 Å². The van der Waals surface area contributed by atoms with Gasteiger partial charge in [-0.05, 0) is 59.5 Å². The lowest BCUT2D eigenvalue weighted by molar-refractivity contribution is 0.155. The molecular weight excluding hydrogens is 508 g/mol. The van der Waals surface area contributed by atoms with Gasteiger partial charge in [0.05, 0.1) is 24.7 Å². The number of rotatable bonds is 9. The fourth-order valence-electron chi connectivity index (χ4n) is 5.98. The first-order valence-corrected chi connectivity index (χ1v) is 14.2. The quantitative estimate of drug-likeness (QED) is 0.315. The molecule has 0 radical (unpaired) electrons. The number of hydrogen-bond donors (Lipinski definition) is 1. The molecule has 210 valence electrons. The molecule has 0 bridgehead atoms. The second-order valence-electron chi connectivity index (χ2n) is 10.7. The first-order valence-electron chi connectivity index (χ1n) is 14.2. The summed E-state index contributed by atoms with van der Waals surface area (Å²) < 4.78 is 18.9. The van der Waals surface area contributed by atoms with Gasteiger partial charge in [0.25, 0.3) is 5.56 Å². The molecule has 0 spiro atoms. The molecule has 1 atom stereocenters. The number of hydrogen-bond acceptors (Lipinski definition) is 8. The summed E-state index contributed by atoms with van der Waals surface area (Å²) >= 11 is 0. The molecule has 4 aromatic rings. The van der Waals surface area contributed by atoms with Crippen molar-refractivity contribution in [3.8, 4) is 17.2 Å². The molecule has 1 aliphatic heterocycles.